The highest BCUT2D eigenvalue weighted by Crippen LogP contribution is 2.20. The van der Waals surface area contributed by atoms with Crippen LogP contribution in [0.15, 0.2) is 6.07 Å². The highest BCUT2D eigenvalue weighted by molar-refractivity contribution is 5.98. The molecule has 5 nitrogen and oxygen atoms in total. The van der Waals surface area contributed by atoms with Gasteiger partial charge in [-0.25, -0.2) is 0 Å². The summed E-state index contributed by atoms with van der Waals surface area (Å²) in [5, 5.41) is 0. The molecule has 0 aliphatic carbocycles. The van der Waals surface area contributed by atoms with Gasteiger partial charge < -0.3 is 9.72 Å². The van der Waals surface area contributed by atoms with Crippen LogP contribution >= 0.6 is 0 Å². The van der Waals surface area contributed by atoms with E-state index in [1.54, 1.807) is 0 Å². The molecule has 1 N–H and O–H groups in total. The highest BCUT2D eigenvalue weighted by Gasteiger charge is 2.28. The molecule has 128 valence electrons. The number of aromatic nitrogens is 1. The fraction of sp³-hybridized carbons (Fsp3) is 0.722. The molecule has 1 aromatic heterocycles. The quantitative estimate of drug-likeness (QED) is 0.863. The van der Waals surface area contributed by atoms with E-state index in [2.05, 4.69) is 21.7 Å². The summed E-state index contributed by atoms with van der Waals surface area (Å²) in [6.07, 6.45) is 2.67. The number of hydrogen-bond donors (Lipinski definition) is 1. The molecular weight excluding hydrogens is 290 g/mol. The molecule has 0 bridgehead atoms. The zero-order valence-corrected chi connectivity index (χ0v) is 14.6. The molecule has 2 fully saturated rings. The van der Waals surface area contributed by atoms with Gasteiger partial charge in [-0.05, 0) is 39.7 Å². The van der Waals surface area contributed by atoms with E-state index in [9.17, 15) is 4.79 Å². The summed E-state index contributed by atoms with van der Waals surface area (Å²) in [4.78, 5) is 20.6. The lowest BCUT2D eigenvalue weighted by Gasteiger charge is -2.41. The van der Waals surface area contributed by atoms with E-state index in [-0.39, 0.29) is 5.78 Å². The molecule has 2 saturated heterocycles. The van der Waals surface area contributed by atoms with Crippen LogP contribution in [0.4, 0.5) is 0 Å². The first-order valence-corrected chi connectivity index (χ1v) is 8.80. The second-order valence-corrected chi connectivity index (χ2v) is 7.10. The molecular formula is C18H29N3O2. The van der Waals surface area contributed by atoms with Crippen molar-refractivity contribution in [2.24, 2.45) is 0 Å². The van der Waals surface area contributed by atoms with Crippen LogP contribution in [0.25, 0.3) is 0 Å². The van der Waals surface area contributed by atoms with Crippen LogP contribution in [0.3, 0.4) is 0 Å². The second-order valence-electron chi connectivity index (χ2n) is 7.10. The third kappa shape index (κ3) is 4.03. The van der Waals surface area contributed by atoms with E-state index in [1.165, 1.54) is 0 Å². The van der Waals surface area contributed by atoms with Crippen LogP contribution in [-0.2, 0) is 4.74 Å². The van der Waals surface area contributed by atoms with Crippen LogP contribution in [0.5, 0.6) is 0 Å². The van der Waals surface area contributed by atoms with Gasteiger partial charge >= 0.3 is 0 Å². The molecule has 0 aromatic carbocycles. The number of likely N-dealkylation sites (tertiary alicyclic amines) is 1. The van der Waals surface area contributed by atoms with E-state index in [0.29, 0.717) is 18.7 Å². The molecule has 0 saturated carbocycles. The Kier molecular flexibility index (Phi) is 5.19. The van der Waals surface area contributed by atoms with Gasteiger partial charge in [-0.3, -0.25) is 14.6 Å². The van der Waals surface area contributed by atoms with E-state index < -0.39 is 0 Å². The Bertz CT molecular complexity index is 546. The largest absolute Gasteiger partial charge is 0.376 e. The molecule has 0 spiro atoms. The maximum absolute atomic E-state index is 12.5. The van der Waals surface area contributed by atoms with Gasteiger partial charge in [-0.1, -0.05) is 0 Å². The average Bonchev–Trinajstić information content (AvgIpc) is 2.87. The van der Waals surface area contributed by atoms with E-state index in [0.717, 1.165) is 62.6 Å². The van der Waals surface area contributed by atoms with Gasteiger partial charge in [0.15, 0.2) is 5.78 Å². The summed E-state index contributed by atoms with van der Waals surface area (Å²) in [5.74, 6) is 0.241. The van der Waals surface area contributed by atoms with Gasteiger partial charge in [0.2, 0.25) is 0 Å². The predicted octanol–water partition coefficient (Wildman–Crippen LogP) is 2.00. The number of carbonyl (C=O) groups is 1. The first-order valence-electron chi connectivity index (χ1n) is 8.80. The maximum atomic E-state index is 12.5. The number of aromatic amines is 1. The monoisotopic (exact) mass is 319 g/mol. The zero-order chi connectivity index (χ0) is 16.4. The summed E-state index contributed by atoms with van der Waals surface area (Å²) in [6.45, 7) is 11.7. The fourth-order valence-electron chi connectivity index (χ4n) is 3.92. The Balaban J connectivity index is 1.49. The minimum absolute atomic E-state index is 0.241. The Morgan fingerprint density at radius 3 is 2.65 bits per heavy atom. The summed E-state index contributed by atoms with van der Waals surface area (Å²) in [6, 6.07) is 2.63. The van der Waals surface area contributed by atoms with Gasteiger partial charge in [-0.2, -0.15) is 0 Å². The number of nitrogens with zero attached hydrogens (tertiary/aromatic N) is 2. The van der Waals surface area contributed by atoms with Crippen LogP contribution in [-0.4, -0.2) is 72.0 Å². The zero-order valence-electron chi connectivity index (χ0n) is 14.6. The van der Waals surface area contributed by atoms with Gasteiger partial charge in [0.05, 0.1) is 19.3 Å². The molecule has 2 aliphatic rings. The standard InChI is InChI=1S/C18H29N3O2/c1-13-10-17(15(3)19-13)18(22)12-20-6-4-16(5-7-20)21-8-9-23-14(2)11-21/h10,14,16,19H,4-9,11-12H2,1-3H3/t14-/m0/s1. The van der Waals surface area contributed by atoms with Crippen molar-refractivity contribution in [1.82, 2.24) is 14.8 Å². The smallest absolute Gasteiger partial charge is 0.178 e. The average molecular weight is 319 g/mol. The van der Waals surface area contributed by atoms with Gasteiger partial charge in [0.25, 0.3) is 0 Å². The lowest BCUT2D eigenvalue weighted by Crippen LogP contribution is -2.51. The van der Waals surface area contributed by atoms with Crippen LogP contribution in [0.2, 0.25) is 0 Å². The SMILES string of the molecule is Cc1cc(C(=O)CN2CCC(N3CCO[C@@H](C)C3)CC2)c(C)[nH]1. The molecule has 1 aromatic rings. The lowest BCUT2D eigenvalue weighted by molar-refractivity contribution is -0.0430. The molecule has 3 heterocycles. The number of ketones is 1. The normalized spacial score (nSPS) is 24.9. The third-order valence-corrected chi connectivity index (χ3v) is 5.16. The maximum Gasteiger partial charge on any atom is 0.178 e. The molecule has 0 amide bonds. The van der Waals surface area contributed by atoms with Crippen molar-refractivity contribution in [1.29, 1.82) is 0 Å². The first-order chi connectivity index (χ1) is 11.0. The predicted molar refractivity (Wildman–Crippen MR) is 91.0 cm³/mol. The number of Topliss-reactive ketones (excluding diaryl/α,β-unsaturated/α-hetero) is 1. The third-order valence-electron chi connectivity index (χ3n) is 5.16. The highest BCUT2D eigenvalue weighted by atomic mass is 16.5. The van der Waals surface area contributed by atoms with Crippen LogP contribution in [0, 0.1) is 13.8 Å². The molecule has 5 heteroatoms. The van der Waals surface area contributed by atoms with Gasteiger partial charge in [-0.15, -0.1) is 0 Å². The number of ether oxygens (including phenoxy) is 1. The van der Waals surface area contributed by atoms with Crippen LogP contribution < -0.4 is 0 Å². The van der Waals surface area contributed by atoms with Crippen molar-refractivity contribution < 1.29 is 9.53 Å². The molecule has 1 atom stereocenters. The summed E-state index contributed by atoms with van der Waals surface area (Å²) in [5.41, 5.74) is 2.90. The van der Waals surface area contributed by atoms with Crippen molar-refractivity contribution in [3.8, 4) is 0 Å². The van der Waals surface area contributed by atoms with Crippen molar-refractivity contribution in [2.75, 3.05) is 39.3 Å². The number of aryl methyl sites for hydroxylation is 2. The Morgan fingerprint density at radius 1 is 1.30 bits per heavy atom. The topological polar surface area (TPSA) is 48.6 Å². The second kappa shape index (κ2) is 7.16. The Labute approximate surface area is 139 Å². The number of carbonyl (C=O) groups excluding carboxylic acids is 1. The Morgan fingerprint density at radius 2 is 2.04 bits per heavy atom. The lowest BCUT2D eigenvalue weighted by atomic mass is 10.0. The number of rotatable bonds is 4. The van der Waals surface area contributed by atoms with E-state index >= 15 is 0 Å². The van der Waals surface area contributed by atoms with Gasteiger partial charge in [0, 0.05) is 49.2 Å². The number of morpholine rings is 1. The molecule has 23 heavy (non-hydrogen) atoms. The van der Waals surface area contributed by atoms with Crippen molar-refractivity contribution in [3.63, 3.8) is 0 Å². The number of piperidine rings is 1. The van der Waals surface area contributed by atoms with E-state index in [4.69, 9.17) is 4.74 Å². The molecule has 3 rings (SSSR count). The molecule has 0 unspecified atom stereocenters. The first kappa shape index (κ1) is 16.7. The number of hydrogen-bond acceptors (Lipinski definition) is 4. The molecule has 2 aliphatic heterocycles. The summed E-state index contributed by atoms with van der Waals surface area (Å²) in [7, 11) is 0. The Hall–Kier alpha value is -1.17. The number of H-pyrrole nitrogens is 1. The van der Waals surface area contributed by atoms with Gasteiger partial charge in [0.1, 0.15) is 0 Å². The van der Waals surface area contributed by atoms with Crippen molar-refractivity contribution in [2.45, 2.75) is 45.8 Å². The number of nitrogens with one attached hydrogen (secondary N) is 1. The minimum atomic E-state index is 0.241. The van der Waals surface area contributed by atoms with Crippen molar-refractivity contribution >= 4 is 5.78 Å². The van der Waals surface area contributed by atoms with Crippen LogP contribution in [0.1, 0.15) is 41.5 Å². The van der Waals surface area contributed by atoms with Crippen molar-refractivity contribution in [3.05, 3.63) is 23.0 Å². The summed E-state index contributed by atoms with van der Waals surface area (Å²) >= 11 is 0. The fourth-order valence-corrected chi connectivity index (χ4v) is 3.92. The minimum Gasteiger partial charge on any atom is -0.376 e. The van der Waals surface area contributed by atoms with E-state index in [1.807, 2.05) is 19.9 Å². The molecule has 0 radical (unpaired) electrons. The summed E-state index contributed by atoms with van der Waals surface area (Å²) < 4.78 is 5.64.